The maximum atomic E-state index is 13.6. The van der Waals surface area contributed by atoms with Gasteiger partial charge < -0.3 is 19.0 Å². The normalized spacial score (nSPS) is 13.4. The molecule has 8 nitrogen and oxygen atoms in total. The maximum Gasteiger partial charge on any atom is 0.309 e. The third kappa shape index (κ3) is 14.3. The smallest absolute Gasteiger partial charge is 0.309 e. The van der Waals surface area contributed by atoms with E-state index in [0.717, 1.165) is 53.8 Å². The molecule has 0 radical (unpaired) electrons. The van der Waals surface area contributed by atoms with E-state index in [1.807, 2.05) is 43.1 Å². The van der Waals surface area contributed by atoms with Crippen LogP contribution in [0, 0.1) is 18.8 Å². The standard InChI is InChI=1S/C42H64N4O4/c1-6-8-9-10-11-12-13-14-15-16-17-18-19-20-21-25-41(47)49-30-36(26-37-27-44-32-46(37)5)38(7-2)42(48)50-29-35-23-22-24-39(33(35)3)34(4)40-28-43-31-45-40/h14-15,22-24,27-28,31-32,34,36,38H,6-13,16-21,25-26,29-30H2,1-5H3,(H,43,45)/b15-14-/t34-,36-,38-/m0/s1. The Morgan fingerprint density at radius 2 is 1.64 bits per heavy atom. The summed E-state index contributed by atoms with van der Waals surface area (Å²) in [5.74, 6) is -0.973. The number of nitrogens with zero attached hydrogens (tertiary/aromatic N) is 3. The Balaban J connectivity index is 1.43. The average molecular weight is 689 g/mol. The van der Waals surface area contributed by atoms with Crippen molar-refractivity contribution in [2.45, 2.75) is 143 Å². The fraction of sp³-hybridized carbons (Fsp3) is 0.619. The lowest BCUT2D eigenvalue weighted by molar-refractivity contribution is -0.156. The van der Waals surface area contributed by atoms with Crippen LogP contribution in [0.4, 0.5) is 0 Å². The second kappa shape index (κ2) is 23.7. The summed E-state index contributed by atoms with van der Waals surface area (Å²) in [5, 5.41) is 0. The highest BCUT2D eigenvalue weighted by Crippen LogP contribution is 2.28. The fourth-order valence-electron chi connectivity index (χ4n) is 6.72. The first-order valence-electron chi connectivity index (χ1n) is 19.3. The SMILES string of the molecule is CCCCCCCC/C=C\CCCCCCCC(=O)OC[C@H](Cc1cncn1C)[C@H](CC)C(=O)OCc1cccc([C@H](C)c2c[nH]cn2)c1C. The number of aryl methyl sites for hydroxylation is 1. The van der Waals surface area contributed by atoms with Gasteiger partial charge in [0.05, 0.1) is 30.9 Å². The maximum absolute atomic E-state index is 13.6. The fourth-order valence-corrected chi connectivity index (χ4v) is 6.72. The Morgan fingerprint density at radius 3 is 2.28 bits per heavy atom. The molecule has 0 unspecified atom stereocenters. The monoisotopic (exact) mass is 688 g/mol. The minimum absolute atomic E-state index is 0.116. The summed E-state index contributed by atoms with van der Waals surface area (Å²) in [6, 6.07) is 6.12. The number of imidazole rings is 2. The molecule has 3 rings (SSSR count). The van der Waals surface area contributed by atoms with Crippen molar-refractivity contribution in [3.63, 3.8) is 0 Å². The zero-order valence-corrected chi connectivity index (χ0v) is 31.6. The molecule has 3 aromatic rings. The summed E-state index contributed by atoms with van der Waals surface area (Å²) in [5.41, 5.74) is 5.19. The molecule has 50 heavy (non-hydrogen) atoms. The highest BCUT2D eigenvalue weighted by molar-refractivity contribution is 5.73. The lowest BCUT2D eigenvalue weighted by Gasteiger charge is -2.25. The number of aromatic amines is 1. The summed E-state index contributed by atoms with van der Waals surface area (Å²) in [6.07, 6.45) is 29.3. The van der Waals surface area contributed by atoms with Crippen molar-refractivity contribution in [2.24, 2.45) is 18.9 Å². The van der Waals surface area contributed by atoms with Gasteiger partial charge in [-0.15, -0.1) is 0 Å². The van der Waals surface area contributed by atoms with E-state index in [1.165, 1.54) is 57.8 Å². The number of ether oxygens (including phenoxy) is 2. The van der Waals surface area contributed by atoms with E-state index in [1.54, 1.807) is 12.7 Å². The molecule has 2 aromatic heterocycles. The second-order valence-corrected chi connectivity index (χ2v) is 13.9. The first kappa shape index (κ1) is 40.7. The number of hydrogen-bond donors (Lipinski definition) is 1. The number of allylic oxidation sites excluding steroid dienone is 2. The summed E-state index contributed by atoms with van der Waals surface area (Å²) in [6.45, 7) is 8.82. The quantitative estimate of drug-likeness (QED) is 0.0512. The largest absolute Gasteiger partial charge is 0.465 e. The number of carbonyl (C=O) groups excluding carboxylic acids is 2. The first-order valence-corrected chi connectivity index (χ1v) is 19.3. The van der Waals surface area contributed by atoms with Gasteiger partial charge in [-0.2, -0.15) is 0 Å². The Hall–Kier alpha value is -3.68. The lowest BCUT2D eigenvalue weighted by Crippen LogP contribution is -2.31. The second-order valence-electron chi connectivity index (χ2n) is 13.9. The summed E-state index contributed by atoms with van der Waals surface area (Å²) < 4.78 is 13.7. The summed E-state index contributed by atoms with van der Waals surface area (Å²) in [4.78, 5) is 38.1. The molecule has 1 aromatic carbocycles. The topological polar surface area (TPSA) is 99.1 Å². The predicted molar refractivity (Wildman–Crippen MR) is 202 cm³/mol. The van der Waals surface area contributed by atoms with Crippen molar-refractivity contribution in [2.75, 3.05) is 6.61 Å². The highest BCUT2D eigenvalue weighted by Gasteiger charge is 2.31. The number of carbonyl (C=O) groups is 2. The van der Waals surface area contributed by atoms with Crippen LogP contribution in [0.3, 0.4) is 0 Å². The molecule has 0 aliphatic rings. The number of benzene rings is 1. The van der Waals surface area contributed by atoms with Crippen LogP contribution in [0.25, 0.3) is 0 Å². The first-order chi connectivity index (χ1) is 24.3. The van der Waals surface area contributed by atoms with Crippen LogP contribution in [0.15, 0.2) is 55.4 Å². The van der Waals surface area contributed by atoms with Crippen molar-refractivity contribution < 1.29 is 19.1 Å². The van der Waals surface area contributed by atoms with Gasteiger partial charge in [-0.1, -0.05) is 102 Å². The van der Waals surface area contributed by atoms with E-state index in [0.29, 0.717) is 19.3 Å². The van der Waals surface area contributed by atoms with Gasteiger partial charge in [0.25, 0.3) is 0 Å². The van der Waals surface area contributed by atoms with Gasteiger partial charge in [0.2, 0.25) is 0 Å². The number of H-pyrrole nitrogens is 1. The van der Waals surface area contributed by atoms with Crippen molar-refractivity contribution in [3.05, 3.63) is 83.5 Å². The number of hydrogen-bond acceptors (Lipinski definition) is 6. The zero-order chi connectivity index (χ0) is 36.0. The Bertz CT molecular complexity index is 1400. The molecule has 276 valence electrons. The van der Waals surface area contributed by atoms with Crippen LogP contribution in [0.5, 0.6) is 0 Å². The van der Waals surface area contributed by atoms with E-state index >= 15 is 0 Å². The molecule has 0 spiro atoms. The van der Waals surface area contributed by atoms with Gasteiger partial charge in [0.1, 0.15) is 6.61 Å². The number of nitrogens with one attached hydrogen (secondary N) is 1. The van der Waals surface area contributed by atoms with Gasteiger partial charge in [-0.3, -0.25) is 9.59 Å². The third-order valence-electron chi connectivity index (χ3n) is 10.1. The molecule has 0 fully saturated rings. The Kier molecular flexibility index (Phi) is 19.3. The molecule has 0 bridgehead atoms. The Morgan fingerprint density at radius 1 is 0.940 bits per heavy atom. The average Bonchev–Trinajstić information content (AvgIpc) is 3.80. The summed E-state index contributed by atoms with van der Waals surface area (Å²) in [7, 11) is 1.94. The van der Waals surface area contributed by atoms with Crippen LogP contribution in [0.1, 0.15) is 151 Å². The van der Waals surface area contributed by atoms with Crippen molar-refractivity contribution >= 4 is 11.9 Å². The van der Waals surface area contributed by atoms with Gasteiger partial charge >= 0.3 is 11.9 Å². The van der Waals surface area contributed by atoms with Gasteiger partial charge in [0, 0.05) is 43.4 Å². The minimum atomic E-state index is -0.413. The van der Waals surface area contributed by atoms with Crippen LogP contribution in [0.2, 0.25) is 0 Å². The molecule has 2 heterocycles. The van der Waals surface area contributed by atoms with E-state index in [-0.39, 0.29) is 37.0 Å². The highest BCUT2D eigenvalue weighted by atomic mass is 16.5. The molecule has 1 N–H and O–H groups in total. The van der Waals surface area contributed by atoms with Crippen LogP contribution in [-0.4, -0.2) is 38.1 Å². The molecule has 0 saturated carbocycles. The van der Waals surface area contributed by atoms with Crippen LogP contribution < -0.4 is 0 Å². The van der Waals surface area contributed by atoms with Gasteiger partial charge in [-0.25, -0.2) is 9.97 Å². The van der Waals surface area contributed by atoms with E-state index in [9.17, 15) is 9.59 Å². The molecule has 0 amide bonds. The molecular formula is C42H64N4O4. The van der Waals surface area contributed by atoms with Crippen molar-refractivity contribution in [1.82, 2.24) is 19.5 Å². The zero-order valence-electron chi connectivity index (χ0n) is 31.6. The molecule has 0 aliphatic heterocycles. The predicted octanol–water partition coefficient (Wildman–Crippen LogP) is 10.1. The number of unbranched alkanes of at least 4 members (excludes halogenated alkanes) is 11. The number of aromatic nitrogens is 4. The molecule has 8 heteroatoms. The van der Waals surface area contributed by atoms with E-state index in [2.05, 4.69) is 53.9 Å². The minimum Gasteiger partial charge on any atom is -0.465 e. The van der Waals surface area contributed by atoms with E-state index < -0.39 is 5.92 Å². The van der Waals surface area contributed by atoms with Crippen molar-refractivity contribution in [3.8, 4) is 0 Å². The number of esters is 2. The molecule has 3 atom stereocenters. The Labute approximate surface area is 301 Å². The van der Waals surface area contributed by atoms with Crippen LogP contribution in [-0.2, 0) is 39.1 Å². The molecular weight excluding hydrogens is 624 g/mol. The summed E-state index contributed by atoms with van der Waals surface area (Å²) >= 11 is 0. The molecule has 0 aliphatic carbocycles. The van der Waals surface area contributed by atoms with Gasteiger partial charge in [0.15, 0.2) is 0 Å². The van der Waals surface area contributed by atoms with Gasteiger partial charge in [-0.05, 0) is 68.6 Å². The van der Waals surface area contributed by atoms with E-state index in [4.69, 9.17) is 9.47 Å². The third-order valence-corrected chi connectivity index (χ3v) is 10.1. The van der Waals surface area contributed by atoms with Crippen molar-refractivity contribution in [1.29, 1.82) is 0 Å². The number of rotatable bonds is 26. The van der Waals surface area contributed by atoms with Crippen LogP contribution >= 0.6 is 0 Å². The lowest BCUT2D eigenvalue weighted by atomic mass is 9.87. The molecule has 0 saturated heterocycles.